The van der Waals surface area contributed by atoms with Gasteiger partial charge in [0.15, 0.2) is 0 Å². The maximum Gasteiger partial charge on any atom is 0.321 e. The van der Waals surface area contributed by atoms with Gasteiger partial charge in [0.1, 0.15) is 5.75 Å². The number of benzene rings is 3. The number of nitrogens with one attached hydrogen (secondary N) is 2. The van der Waals surface area contributed by atoms with Crippen molar-refractivity contribution in [2.45, 2.75) is 18.8 Å². The molecule has 1 fully saturated rings. The van der Waals surface area contributed by atoms with Crippen LogP contribution in [-0.4, -0.2) is 43.6 Å². The Morgan fingerprint density at radius 3 is 2.39 bits per heavy atom. The Kier molecular flexibility index (Phi) is 7.25. The van der Waals surface area contributed by atoms with Crippen molar-refractivity contribution in [2.24, 2.45) is 0 Å². The average Bonchev–Trinajstić information content (AvgIpc) is 3.36. The number of anilines is 1. The maximum absolute atomic E-state index is 12.7. The molecule has 1 atom stereocenters. The van der Waals surface area contributed by atoms with Crippen LogP contribution < -0.4 is 15.4 Å². The smallest absolute Gasteiger partial charge is 0.321 e. The highest BCUT2D eigenvalue weighted by Crippen LogP contribution is 2.28. The first-order chi connectivity index (χ1) is 16.1. The van der Waals surface area contributed by atoms with E-state index in [1.165, 1.54) is 11.1 Å². The SMILES string of the molecule is COc1ccc(C2CCN(C(=O)Nc3ccc(C(=O)NCCc4ccccc4)cc3)C2)cc1. The molecule has 3 amide bonds. The zero-order chi connectivity index (χ0) is 23.0. The molecule has 3 aromatic rings. The van der Waals surface area contributed by atoms with Gasteiger partial charge in [-0.2, -0.15) is 0 Å². The molecule has 170 valence electrons. The summed E-state index contributed by atoms with van der Waals surface area (Å²) in [7, 11) is 1.65. The van der Waals surface area contributed by atoms with Crippen molar-refractivity contribution in [1.82, 2.24) is 10.2 Å². The molecule has 0 spiro atoms. The fourth-order valence-electron chi connectivity index (χ4n) is 4.07. The van der Waals surface area contributed by atoms with Gasteiger partial charge < -0.3 is 20.3 Å². The van der Waals surface area contributed by atoms with Crippen molar-refractivity contribution in [3.05, 3.63) is 95.6 Å². The molecule has 1 saturated heterocycles. The zero-order valence-electron chi connectivity index (χ0n) is 18.8. The standard InChI is InChI=1S/C27H29N3O3/c1-33-25-13-9-21(10-14-25)23-16-18-30(19-23)27(32)29-24-11-7-22(8-12-24)26(31)28-17-15-20-5-3-2-4-6-20/h2-14,23H,15-19H2,1H3,(H,28,31)(H,29,32). The molecule has 1 aliphatic heterocycles. The monoisotopic (exact) mass is 443 g/mol. The van der Waals surface area contributed by atoms with Gasteiger partial charge in [-0.3, -0.25) is 4.79 Å². The zero-order valence-corrected chi connectivity index (χ0v) is 18.8. The number of urea groups is 1. The molecule has 0 radical (unpaired) electrons. The number of likely N-dealkylation sites (tertiary alicyclic amines) is 1. The van der Waals surface area contributed by atoms with Gasteiger partial charge in [-0.1, -0.05) is 42.5 Å². The minimum atomic E-state index is -0.120. The number of carbonyl (C=O) groups is 2. The predicted molar refractivity (Wildman–Crippen MR) is 130 cm³/mol. The molecular weight excluding hydrogens is 414 g/mol. The van der Waals surface area contributed by atoms with E-state index in [-0.39, 0.29) is 11.9 Å². The second-order valence-electron chi connectivity index (χ2n) is 8.20. The van der Waals surface area contributed by atoms with E-state index in [2.05, 4.69) is 22.8 Å². The normalized spacial score (nSPS) is 15.2. The van der Waals surface area contributed by atoms with Gasteiger partial charge in [0.2, 0.25) is 0 Å². The lowest BCUT2D eigenvalue weighted by Crippen LogP contribution is -2.32. The van der Waals surface area contributed by atoms with E-state index >= 15 is 0 Å². The van der Waals surface area contributed by atoms with Gasteiger partial charge >= 0.3 is 6.03 Å². The first kappa shape index (κ1) is 22.4. The molecule has 33 heavy (non-hydrogen) atoms. The van der Waals surface area contributed by atoms with Crippen molar-refractivity contribution in [1.29, 1.82) is 0 Å². The first-order valence-electron chi connectivity index (χ1n) is 11.2. The third-order valence-corrected chi connectivity index (χ3v) is 6.00. The maximum atomic E-state index is 12.7. The van der Waals surface area contributed by atoms with Gasteiger partial charge in [0.05, 0.1) is 7.11 Å². The first-order valence-corrected chi connectivity index (χ1v) is 11.2. The van der Waals surface area contributed by atoms with Crippen LogP contribution in [-0.2, 0) is 6.42 Å². The molecule has 2 N–H and O–H groups in total. The Labute approximate surface area is 194 Å². The summed E-state index contributed by atoms with van der Waals surface area (Å²) in [5, 5.41) is 5.88. The fourth-order valence-corrected chi connectivity index (χ4v) is 4.07. The van der Waals surface area contributed by atoms with Crippen LogP contribution in [0.1, 0.15) is 33.8 Å². The molecule has 3 aromatic carbocycles. The van der Waals surface area contributed by atoms with Crippen molar-refractivity contribution in [2.75, 3.05) is 32.1 Å². The number of carbonyl (C=O) groups excluding carboxylic acids is 2. The Hall–Kier alpha value is -3.80. The summed E-state index contributed by atoms with van der Waals surface area (Å²) in [4.78, 5) is 26.9. The molecule has 0 aromatic heterocycles. The van der Waals surface area contributed by atoms with E-state index < -0.39 is 0 Å². The fraction of sp³-hybridized carbons (Fsp3) is 0.259. The number of nitrogens with zero attached hydrogens (tertiary/aromatic N) is 1. The predicted octanol–water partition coefficient (Wildman–Crippen LogP) is 4.69. The quantitative estimate of drug-likeness (QED) is 0.557. The van der Waals surface area contributed by atoms with Crippen LogP contribution >= 0.6 is 0 Å². The number of hydrogen-bond acceptors (Lipinski definition) is 3. The molecule has 0 aliphatic carbocycles. The summed E-state index contributed by atoms with van der Waals surface area (Å²) in [6.07, 6.45) is 1.72. The number of hydrogen-bond donors (Lipinski definition) is 2. The lowest BCUT2D eigenvalue weighted by molar-refractivity contribution is 0.0954. The number of rotatable bonds is 7. The van der Waals surface area contributed by atoms with Gasteiger partial charge in [-0.25, -0.2) is 4.79 Å². The second kappa shape index (κ2) is 10.7. The van der Waals surface area contributed by atoms with Crippen LogP contribution in [0.2, 0.25) is 0 Å². The lowest BCUT2D eigenvalue weighted by Gasteiger charge is -2.18. The highest BCUT2D eigenvalue weighted by atomic mass is 16.5. The van der Waals surface area contributed by atoms with Crippen LogP contribution in [0.4, 0.5) is 10.5 Å². The Morgan fingerprint density at radius 1 is 0.970 bits per heavy atom. The van der Waals surface area contributed by atoms with E-state index in [4.69, 9.17) is 4.74 Å². The van der Waals surface area contributed by atoms with Crippen LogP contribution in [0.15, 0.2) is 78.9 Å². The molecule has 4 rings (SSSR count). The van der Waals surface area contributed by atoms with Crippen LogP contribution in [0.3, 0.4) is 0 Å². The largest absolute Gasteiger partial charge is 0.497 e. The van der Waals surface area contributed by atoms with E-state index in [1.54, 1.807) is 31.4 Å². The highest BCUT2D eigenvalue weighted by molar-refractivity contribution is 5.95. The molecule has 6 nitrogen and oxygen atoms in total. The lowest BCUT2D eigenvalue weighted by atomic mass is 9.98. The van der Waals surface area contributed by atoms with Gasteiger partial charge in [0, 0.05) is 36.8 Å². The van der Waals surface area contributed by atoms with Crippen molar-refractivity contribution in [3.63, 3.8) is 0 Å². The van der Waals surface area contributed by atoms with Crippen molar-refractivity contribution < 1.29 is 14.3 Å². The Balaban J connectivity index is 1.25. The summed E-state index contributed by atoms with van der Waals surface area (Å²) < 4.78 is 5.22. The topological polar surface area (TPSA) is 70.7 Å². The minimum Gasteiger partial charge on any atom is -0.497 e. The summed E-state index contributed by atoms with van der Waals surface area (Å²) in [5.74, 6) is 1.04. The molecular formula is C27H29N3O3. The molecule has 0 saturated carbocycles. The third-order valence-electron chi connectivity index (χ3n) is 6.00. The Bertz CT molecular complexity index is 1070. The van der Waals surface area contributed by atoms with Crippen LogP contribution in [0, 0.1) is 0 Å². The molecule has 1 heterocycles. The van der Waals surface area contributed by atoms with E-state index in [9.17, 15) is 9.59 Å². The summed E-state index contributed by atoms with van der Waals surface area (Å²) in [5.41, 5.74) is 3.65. The van der Waals surface area contributed by atoms with E-state index in [0.717, 1.165) is 18.6 Å². The average molecular weight is 444 g/mol. The van der Waals surface area contributed by atoms with Gasteiger partial charge in [-0.15, -0.1) is 0 Å². The van der Waals surface area contributed by atoms with E-state index in [0.29, 0.717) is 36.8 Å². The highest BCUT2D eigenvalue weighted by Gasteiger charge is 2.27. The summed E-state index contributed by atoms with van der Waals surface area (Å²) in [6.45, 7) is 1.97. The number of methoxy groups -OCH3 is 1. The third kappa shape index (κ3) is 5.92. The molecule has 0 bridgehead atoms. The second-order valence-corrected chi connectivity index (χ2v) is 8.20. The summed E-state index contributed by atoms with van der Waals surface area (Å²) in [6, 6.07) is 25.0. The number of amides is 3. The van der Waals surface area contributed by atoms with Gasteiger partial charge in [0.25, 0.3) is 5.91 Å². The van der Waals surface area contributed by atoms with Crippen molar-refractivity contribution >= 4 is 17.6 Å². The van der Waals surface area contributed by atoms with E-state index in [1.807, 2.05) is 47.4 Å². The summed E-state index contributed by atoms with van der Waals surface area (Å²) >= 11 is 0. The molecule has 1 unspecified atom stereocenters. The van der Waals surface area contributed by atoms with Gasteiger partial charge in [-0.05, 0) is 60.4 Å². The van der Waals surface area contributed by atoms with Crippen molar-refractivity contribution in [3.8, 4) is 5.75 Å². The molecule has 6 heteroatoms. The minimum absolute atomic E-state index is 0.119. The van der Waals surface area contributed by atoms with Crippen LogP contribution in [0.25, 0.3) is 0 Å². The Morgan fingerprint density at radius 2 is 1.70 bits per heavy atom. The molecule has 1 aliphatic rings. The number of ether oxygens (including phenoxy) is 1. The van der Waals surface area contributed by atoms with Crippen LogP contribution in [0.5, 0.6) is 5.75 Å².